The van der Waals surface area contributed by atoms with Gasteiger partial charge >= 0.3 is 5.97 Å². The quantitative estimate of drug-likeness (QED) is 0.672. The molecule has 0 aromatic carbocycles. The molecule has 1 saturated heterocycles. The van der Waals surface area contributed by atoms with E-state index >= 15 is 0 Å². The molecule has 1 saturated carbocycles. The summed E-state index contributed by atoms with van der Waals surface area (Å²) < 4.78 is 12.1. The first-order chi connectivity index (χ1) is 8.22. The normalized spacial score (nSPS) is 43.1. The molecule has 1 heterocycles. The molecule has 2 rings (SSSR count). The van der Waals surface area contributed by atoms with Crippen LogP contribution in [0.25, 0.3) is 0 Å². The molecule has 1 aliphatic heterocycles. The molecule has 18 heavy (non-hydrogen) atoms. The maximum atomic E-state index is 11.5. The molecule has 0 bridgehead atoms. The first kappa shape index (κ1) is 13.9. The number of hydrogen-bond acceptors (Lipinski definition) is 3. The molecule has 0 aromatic heterocycles. The lowest BCUT2D eigenvalue weighted by atomic mass is 9.57. The van der Waals surface area contributed by atoms with E-state index in [0.717, 1.165) is 32.1 Å². The Morgan fingerprint density at radius 2 is 1.89 bits per heavy atom. The third-order valence-electron chi connectivity index (χ3n) is 5.08. The Bertz CT molecular complexity index is 350. The number of ether oxygens (including phenoxy) is 2. The summed E-state index contributed by atoms with van der Waals surface area (Å²) in [6, 6.07) is 0. The molecule has 104 valence electrons. The standard InChI is InChI=1S/C15H26O3/c1-11-7-10-15(17-11)13(3,4)8-6-9-14(15,5)18-12(2)16/h11H,6-10H2,1-5H3/t11-,14?,15-/m1/s1. The summed E-state index contributed by atoms with van der Waals surface area (Å²) in [6.07, 6.45) is 5.44. The lowest BCUT2D eigenvalue weighted by molar-refractivity contribution is -0.251. The van der Waals surface area contributed by atoms with E-state index in [0.29, 0.717) is 0 Å². The van der Waals surface area contributed by atoms with Crippen molar-refractivity contribution in [3.8, 4) is 0 Å². The van der Waals surface area contributed by atoms with Crippen molar-refractivity contribution < 1.29 is 14.3 Å². The van der Waals surface area contributed by atoms with E-state index in [1.54, 1.807) is 0 Å². The first-order valence-corrected chi connectivity index (χ1v) is 7.10. The smallest absolute Gasteiger partial charge is 0.303 e. The fraction of sp³-hybridized carbons (Fsp3) is 0.933. The van der Waals surface area contributed by atoms with Crippen molar-refractivity contribution in [3.63, 3.8) is 0 Å². The van der Waals surface area contributed by atoms with E-state index < -0.39 is 5.60 Å². The molecule has 3 nitrogen and oxygen atoms in total. The van der Waals surface area contributed by atoms with Crippen molar-refractivity contribution >= 4 is 5.97 Å². The Balaban J connectivity index is 2.40. The molecular formula is C15H26O3. The fourth-order valence-corrected chi connectivity index (χ4v) is 4.19. The van der Waals surface area contributed by atoms with Gasteiger partial charge in [0.15, 0.2) is 0 Å². The second kappa shape index (κ2) is 4.22. The zero-order valence-electron chi connectivity index (χ0n) is 12.3. The van der Waals surface area contributed by atoms with E-state index in [-0.39, 0.29) is 23.1 Å². The van der Waals surface area contributed by atoms with Crippen LogP contribution >= 0.6 is 0 Å². The summed E-state index contributed by atoms with van der Waals surface area (Å²) in [5.41, 5.74) is -0.741. The van der Waals surface area contributed by atoms with Crippen LogP contribution in [0, 0.1) is 5.41 Å². The van der Waals surface area contributed by atoms with Gasteiger partial charge in [0.05, 0.1) is 6.10 Å². The van der Waals surface area contributed by atoms with E-state index in [9.17, 15) is 4.79 Å². The van der Waals surface area contributed by atoms with E-state index in [4.69, 9.17) is 9.47 Å². The van der Waals surface area contributed by atoms with Crippen LogP contribution in [-0.2, 0) is 14.3 Å². The van der Waals surface area contributed by atoms with Gasteiger partial charge < -0.3 is 9.47 Å². The van der Waals surface area contributed by atoms with Crippen LogP contribution in [0.1, 0.15) is 66.7 Å². The van der Waals surface area contributed by atoms with Gasteiger partial charge in [0.2, 0.25) is 0 Å². The highest BCUT2D eigenvalue weighted by molar-refractivity contribution is 5.66. The summed E-state index contributed by atoms with van der Waals surface area (Å²) in [5.74, 6) is -0.197. The number of rotatable bonds is 1. The third-order valence-corrected chi connectivity index (χ3v) is 5.08. The van der Waals surface area contributed by atoms with Gasteiger partial charge in [-0.2, -0.15) is 0 Å². The summed E-state index contributed by atoms with van der Waals surface area (Å²) in [7, 11) is 0. The highest BCUT2D eigenvalue weighted by atomic mass is 16.6. The molecule has 0 aromatic rings. The second-order valence-electron chi connectivity index (χ2n) is 6.86. The van der Waals surface area contributed by atoms with Gasteiger partial charge in [-0.3, -0.25) is 4.79 Å². The molecule has 0 radical (unpaired) electrons. The van der Waals surface area contributed by atoms with Crippen LogP contribution in [0.5, 0.6) is 0 Å². The molecular weight excluding hydrogens is 228 g/mol. The minimum atomic E-state index is -0.481. The lowest BCUT2D eigenvalue weighted by Gasteiger charge is -2.57. The van der Waals surface area contributed by atoms with Gasteiger partial charge in [0, 0.05) is 6.92 Å². The Morgan fingerprint density at radius 1 is 1.22 bits per heavy atom. The van der Waals surface area contributed by atoms with E-state index in [1.165, 1.54) is 6.92 Å². The van der Waals surface area contributed by atoms with Gasteiger partial charge in [-0.1, -0.05) is 13.8 Å². The predicted molar refractivity (Wildman–Crippen MR) is 70.3 cm³/mol. The molecule has 1 unspecified atom stereocenters. The average Bonchev–Trinajstić information content (AvgIpc) is 2.59. The van der Waals surface area contributed by atoms with Crippen molar-refractivity contribution in [1.82, 2.24) is 0 Å². The van der Waals surface area contributed by atoms with Crippen molar-refractivity contribution in [2.75, 3.05) is 0 Å². The maximum absolute atomic E-state index is 11.5. The van der Waals surface area contributed by atoms with Gasteiger partial charge in [-0.15, -0.1) is 0 Å². The van der Waals surface area contributed by atoms with Crippen LogP contribution in [0.4, 0.5) is 0 Å². The molecule has 0 amide bonds. The Labute approximate surface area is 110 Å². The van der Waals surface area contributed by atoms with Crippen LogP contribution in [0.3, 0.4) is 0 Å². The Morgan fingerprint density at radius 3 is 2.39 bits per heavy atom. The van der Waals surface area contributed by atoms with Crippen LogP contribution in [-0.4, -0.2) is 23.3 Å². The largest absolute Gasteiger partial charge is 0.456 e. The molecule has 3 atom stereocenters. The zero-order valence-corrected chi connectivity index (χ0v) is 12.3. The minimum Gasteiger partial charge on any atom is -0.456 e. The topological polar surface area (TPSA) is 35.5 Å². The van der Waals surface area contributed by atoms with Gasteiger partial charge in [0.25, 0.3) is 0 Å². The van der Waals surface area contributed by atoms with E-state index in [1.807, 2.05) is 0 Å². The number of carbonyl (C=O) groups excluding carboxylic acids is 1. The number of carbonyl (C=O) groups is 1. The summed E-state index contributed by atoms with van der Waals surface area (Å²) >= 11 is 0. The van der Waals surface area contributed by atoms with Gasteiger partial charge in [-0.25, -0.2) is 0 Å². The first-order valence-electron chi connectivity index (χ1n) is 7.10. The van der Waals surface area contributed by atoms with E-state index in [2.05, 4.69) is 27.7 Å². The zero-order chi connectivity index (χ0) is 13.6. The minimum absolute atomic E-state index is 0.0558. The SMILES string of the molecule is CC(=O)OC1(C)CCCC(C)(C)[C@]12CC[C@@H](C)O2. The summed E-state index contributed by atoms with van der Waals surface area (Å²) in [5, 5.41) is 0. The molecule has 1 spiro atoms. The van der Waals surface area contributed by atoms with Crippen molar-refractivity contribution in [2.45, 2.75) is 84.0 Å². The van der Waals surface area contributed by atoms with Gasteiger partial charge in [0.1, 0.15) is 11.2 Å². The molecule has 2 fully saturated rings. The lowest BCUT2D eigenvalue weighted by Crippen LogP contribution is -2.64. The Hall–Kier alpha value is -0.570. The Kier molecular flexibility index (Phi) is 3.25. The summed E-state index contributed by atoms with van der Waals surface area (Å²) in [6.45, 7) is 10.2. The van der Waals surface area contributed by atoms with Crippen LogP contribution in [0.15, 0.2) is 0 Å². The number of hydrogen-bond donors (Lipinski definition) is 0. The predicted octanol–water partition coefficient (Wildman–Crippen LogP) is 3.46. The summed E-state index contributed by atoms with van der Waals surface area (Å²) in [4.78, 5) is 11.5. The second-order valence-corrected chi connectivity index (χ2v) is 6.86. The molecule has 2 aliphatic rings. The number of esters is 1. The highest BCUT2D eigenvalue weighted by Gasteiger charge is 2.64. The molecule has 0 N–H and O–H groups in total. The molecule has 1 aliphatic carbocycles. The fourth-order valence-electron chi connectivity index (χ4n) is 4.19. The van der Waals surface area contributed by atoms with Crippen molar-refractivity contribution in [3.05, 3.63) is 0 Å². The average molecular weight is 254 g/mol. The van der Waals surface area contributed by atoms with Crippen LogP contribution < -0.4 is 0 Å². The highest BCUT2D eigenvalue weighted by Crippen LogP contribution is 2.58. The van der Waals surface area contributed by atoms with Gasteiger partial charge in [-0.05, 0) is 51.4 Å². The third kappa shape index (κ3) is 1.87. The monoisotopic (exact) mass is 254 g/mol. The van der Waals surface area contributed by atoms with Crippen molar-refractivity contribution in [1.29, 1.82) is 0 Å². The molecule has 3 heteroatoms. The maximum Gasteiger partial charge on any atom is 0.303 e. The van der Waals surface area contributed by atoms with Crippen LogP contribution in [0.2, 0.25) is 0 Å². The van der Waals surface area contributed by atoms with Crippen molar-refractivity contribution in [2.24, 2.45) is 5.41 Å².